The largest absolute Gasteiger partial charge is 0.383 e. The Hall–Kier alpha value is -1.24. The van der Waals surface area contributed by atoms with E-state index in [0.29, 0.717) is 6.04 Å². The molecule has 3 heterocycles. The van der Waals surface area contributed by atoms with Crippen molar-refractivity contribution < 1.29 is 4.74 Å². The normalized spacial score (nSPS) is 20.7. The van der Waals surface area contributed by atoms with Gasteiger partial charge in [-0.2, -0.15) is 0 Å². The zero-order chi connectivity index (χ0) is 13.9. The predicted octanol–water partition coefficient (Wildman–Crippen LogP) is 1.85. The maximum absolute atomic E-state index is 5.18. The van der Waals surface area contributed by atoms with Gasteiger partial charge in [0.15, 0.2) is 0 Å². The number of rotatable bonds is 4. The maximum atomic E-state index is 5.18. The highest BCUT2D eigenvalue weighted by molar-refractivity contribution is 7.17. The third-order valence-corrected chi connectivity index (χ3v) is 4.77. The standard InChI is InChI=1S/C14H20N4OS/c1-11-9-18(5-4-17(11)6-7-19-2)14-13-12(3-8-20-13)15-10-16-14/h3,8,10-11H,4-7,9H2,1-2H3/t11-/m1/s1. The summed E-state index contributed by atoms with van der Waals surface area (Å²) in [7, 11) is 1.76. The fourth-order valence-corrected chi connectivity index (χ4v) is 3.59. The van der Waals surface area contributed by atoms with E-state index in [0.717, 1.165) is 44.1 Å². The minimum atomic E-state index is 0.517. The van der Waals surface area contributed by atoms with Gasteiger partial charge in [-0.3, -0.25) is 4.90 Å². The summed E-state index contributed by atoms with van der Waals surface area (Å²) in [5.74, 6) is 1.09. The van der Waals surface area contributed by atoms with Crippen LogP contribution >= 0.6 is 11.3 Å². The lowest BCUT2D eigenvalue weighted by molar-refractivity contribution is 0.117. The lowest BCUT2D eigenvalue weighted by Gasteiger charge is -2.40. The number of nitrogens with zero attached hydrogens (tertiary/aromatic N) is 4. The van der Waals surface area contributed by atoms with Crippen LogP contribution in [0, 0.1) is 0 Å². The van der Waals surface area contributed by atoms with Crippen molar-refractivity contribution in [3.8, 4) is 0 Å². The lowest BCUT2D eigenvalue weighted by Crippen LogP contribution is -2.53. The quantitative estimate of drug-likeness (QED) is 0.860. The van der Waals surface area contributed by atoms with Gasteiger partial charge in [0.05, 0.1) is 16.8 Å². The molecule has 0 unspecified atom stereocenters. The number of fused-ring (bicyclic) bond motifs is 1. The first-order valence-electron chi connectivity index (χ1n) is 6.95. The van der Waals surface area contributed by atoms with Crippen molar-refractivity contribution in [1.29, 1.82) is 0 Å². The molecule has 1 aliphatic rings. The number of hydrogen-bond donors (Lipinski definition) is 0. The number of thiophene rings is 1. The molecule has 0 radical (unpaired) electrons. The van der Waals surface area contributed by atoms with E-state index in [1.807, 2.05) is 0 Å². The second-order valence-corrected chi connectivity index (χ2v) is 6.07. The van der Waals surface area contributed by atoms with Crippen LogP contribution in [0.4, 0.5) is 5.82 Å². The topological polar surface area (TPSA) is 41.5 Å². The van der Waals surface area contributed by atoms with E-state index in [4.69, 9.17) is 4.74 Å². The highest BCUT2D eigenvalue weighted by atomic mass is 32.1. The highest BCUT2D eigenvalue weighted by Crippen LogP contribution is 2.29. The Bertz CT molecular complexity index is 573. The van der Waals surface area contributed by atoms with Crippen LogP contribution < -0.4 is 4.90 Å². The number of piperazine rings is 1. The van der Waals surface area contributed by atoms with Crippen LogP contribution in [0.25, 0.3) is 10.2 Å². The lowest BCUT2D eigenvalue weighted by atomic mass is 10.2. The molecule has 0 saturated carbocycles. The minimum Gasteiger partial charge on any atom is -0.383 e. The Morgan fingerprint density at radius 1 is 1.40 bits per heavy atom. The summed E-state index contributed by atoms with van der Waals surface area (Å²) in [6, 6.07) is 2.58. The van der Waals surface area contributed by atoms with Crippen molar-refractivity contribution in [2.75, 3.05) is 44.8 Å². The molecule has 1 aliphatic heterocycles. The Labute approximate surface area is 123 Å². The van der Waals surface area contributed by atoms with Gasteiger partial charge in [0, 0.05) is 39.3 Å². The summed E-state index contributed by atoms with van der Waals surface area (Å²) in [5, 5.41) is 2.08. The monoisotopic (exact) mass is 292 g/mol. The molecule has 3 rings (SSSR count). The van der Waals surface area contributed by atoms with Gasteiger partial charge in [-0.15, -0.1) is 11.3 Å². The number of methoxy groups -OCH3 is 1. The Kier molecular flexibility index (Phi) is 4.14. The first-order chi connectivity index (χ1) is 9.79. The van der Waals surface area contributed by atoms with Gasteiger partial charge in [-0.1, -0.05) is 0 Å². The Balaban J connectivity index is 1.75. The summed E-state index contributed by atoms with van der Waals surface area (Å²) in [5.41, 5.74) is 1.05. The Morgan fingerprint density at radius 2 is 2.30 bits per heavy atom. The fourth-order valence-electron chi connectivity index (χ4n) is 2.73. The molecule has 0 aliphatic carbocycles. The van der Waals surface area contributed by atoms with Crippen LogP contribution in [0.1, 0.15) is 6.92 Å². The highest BCUT2D eigenvalue weighted by Gasteiger charge is 2.25. The SMILES string of the molecule is COCCN1CCN(c2ncnc3ccsc23)C[C@H]1C. The molecule has 0 amide bonds. The summed E-state index contributed by atoms with van der Waals surface area (Å²) in [6.45, 7) is 7.15. The molecular formula is C14H20N4OS. The summed E-state index contributed by atoms with van der Waals surface area (Å²) >= 11 is 1.72. The van der Waals surface area contributed by atoms with Crippen LogP contribution in [-0.4, -0.2) is 60.8 Å². The summed E-state index contributed by atoms with van der Waals surface area (Å²) in [4.78, 5) is 13.7. The molecule has 1 atom stereocenters. The molecule has 0 aromatic carbocycles. The van der Waals surface area contributed by atoms with Gasteiger partial charge in [0.25, 0.3) is 0 Å². The number of anilines is 1. The van der Waals surface area contributed by atoms with Crippen LogP contribution in [0.2, 0.25) is 0 Å². The number of hydrogen-bond acceptors (Lipinski definition) is 6. The number of ether oxygens (including phenoxy) is 1. The molecule has 5 nitrogen and oxygen atoms in total. The van der Waals surface area contributed by atoms with E-state index in [9.17, 15) is 0 Å². The van der Waals surface area contributed by atoms with Crippen molar-refractivity contribution in [1.82, 2.24) is 14.9 Å². The molecule has 1 saturated heterocycles. The molecule has 2 aromatic rings. The van der Waals surface area contributed by atoms with Crippen molar-refractivity contribution in [3.05, 3.63) is 17.8 Å². The third-order valence-electron chi connectivity index (χ3n) is 3.87. The predicted molar refractivity (Wildman–Crippen MR) is 82.5 cm³/mol. The van der Waals surface area contributed by atoms with Crippen molar-refractivity contribution in [3.63, 3.8) is 0 Å². The van der Waals surface area contributed by atoms with E-state index < -0.39 is 0 Å². The van der Waals surface area contributed by atoms with Gasteiger partial charge in [-0.25, -0.2) is 9.97 Å². The third kappa shape index (κ3) is 2.63. The molecule has 108 valence electrons. The summed E-state index contributed by atoms with van der Waals surface area (Å²) < 4.78 is 6.38. The van der Waals surface area contributed by atoms with Gasteiger partial charge in [0.2, 0.25) is 0 Å². The minimum absolute atomic E-state index is 0.517. The van der Waals surface area contributed by atoms with Crippen molar-refractivity contribution in [2.45, 2.75) is 13.0 Å². The molecule has 0 spiro atoms. The first-order valence-corrected chi connectivity index (χ1v) is 7.83. The van der Waals surface area contributed by atoms with Crippen LogP contribution in [0.5, 0.6) is 0 Å². The number of aromatic nitrogens is 2. The second-order valence-electron chi connectivity index (χ2n) is 5.16. The molecular weight excluding hydrogens is 272 g/mol. The molecule has 0 bridgehead atoms. The van der Waals surface area contributed by atoms with Gasteiger partial charge in [-0.05, 0) is 18.4 Å². The molecule has 20 heavy (non-hydrogen) atoms. The smallest absolute Gasteiger partial charge is 0.150 e. The summed E-state index contributed by atoms with van der Waals surface area (Å²) in [6.07, 6.45) is 1.67. The van der Waals surface area contributed by atoms with Crippen molar-refractivity contribution >= 4 is 27.4 Å². The molecule has 6 heteroatoms. The van der Waals surface area contributed by atoms with Crippen LogP contribution in [-0.2, 0) is 4.74 Å². The van der Waals surface area contributed by atoms with E-state index in [1.54, 1.807) is 24.8 Å². The maximum Gasteiger partial charge on any atom is 0.150 e. The van der Waals surface area contributed by atoms with Gasteiger partial charge in [0.1, 0.15) is 12.1 Å². The van der Waals surface area contributed by atoms with E-state index in [-0.39, 0.29) is 0 Å². The molecule has 2 aromatic heterocycles. The van der Waals surface area contributed by atoms with Crippen LogP contribution in [0.3, 0.4) is 0 Å². The van der Waals surface area contributed by atoms with E-state index in [2.05, 4.69) is 38.1 Å². The average Bonchev–Trinajstić information content (AvgIpc) is 2.94. The zero-order valence-corrected chi connectivity index (χ0v) is 12.8. The van der Waals surface area contributed by atoms with Gasteiger partial charge < -0.3 is 9.64 Å². The van der Waals surface area contributed by atoms with E-state index >= 15 is 0 Å². The molecule has 1 fully saturated rings. The second kappa shape index (κ2) is 6.03. The van der Waals surface area contributed by atoms with Gasteiger partial charge >= 0.3 is 0 Å². The van der Waals surface area contributed by atoms with E-state index in [1.165, 1.54) is 4.70 Å². The van der Waals surface area contributed by atoms with Crippen LogP contribution in [0.15, 0.2) is 17.8 Å². The fraction of sp³-hybridized carbons (Fsp3) is 0.571. The first kappa shape index (κ1) is 13.7. The molecule has 0 N–H and O–H groups in total. The zero-order valence-electron chi connectivity index (χ0n) is 12.0. The van der Waals surface area contributed by atoms with Crippen molar-refractivity contribution in [2.24, 2.45) is 0 Å². The average molecular weight is 292 g/mol. The Morgan fingerprint density at radius 3 is 3.10 bits per heavy atom.